The number of rotatable bonds is 8. The van der Waals surface area contributed by atoms with Crippen LogP contribution in [0, 0.1) is 0 Å². The molecule has 1 aromatic rings. The van der Waals surface area contributed by atoms with Crippen LogP contribution in [-0.4, -0.2) is 74.6 Å². The van der Waals surface area contributed by atoms with Crippen molar-refractivity contribution < 1.29 is 78.2 Å². The van der Waals surface area contributed by atoms with Gasteiger partial charge in [0.05, 0.1) is 6.42 Å². The van der Waals surface area contributed by atoms with Crippen molar-refractivity contribution in [3.63, 3.8) is 0 Å². The third-order valence-corrected chi connectivity index (χ3v) is 5.31. The van der Waals surface area contributed by atoms with Gasteiger partial charge >= 0.3 is 41.5 Å². The molecule has 34 heavy (non-hydrogen) atoms. The summed E-state index contributed by atoms with van der Waals surface area (Å²) in [7, 11) is 0. The zero-order valence-electron chi connectivity index (χ0n) is 18.2. The van der Waals surface area contributed by atoms with Gasteiger partial charge in [0.1, 0.15) is 24.3 Å². The number of aromatic nitrogens is 1. The SMILES string of the molecule is CC(C)(O/N=C(\C(=O)N[C@H]1CON(C2(C(=O)[O-])CCC(=O)O2)C1=O)c1csc(N)n1)C(=O)O.[Na+]. The number of thiazole rings is 1. The first kappa shape index (κ1) is 27.5. The van der Waals surface area contributed by atoms with E-state index in [4.69, 9.17) is 25.3 Å². The van der Waals surface area contributed by atoms with E-state index in [9.17, 15) is 29.1 Å². The molecule has 0 bridgehead atoms. The van der Waals surface area contributed by atoms with Crippen molar-refractivity contribution in [3.8, 4) is 0 Å². The van der Waals surface area contributed by atoms with Gasteiger partial charge in [-0.25, -0.2) is 9.78 Å². The molecule has 1 aromatic heterocycles. The number of esters is 1. The predicted octanol–water partition coefficient (Wildman–Crippen LogP) is -5.64. The van der Waals surface area contributed by atoms with E-state index in [-0.39, 0.29) is 46.8 Å². The van der Waals surface area contributed by atoms with Crippen LogP contribution in [0.2, 0.25) is 0 Å². The van der Waals surface area contributed by atoms with Gasteiger partial charge in [-0.05, 0) is 13.8 Å². The fourth-order valence-electron chi connectivity index (χ4n) is 2.77. The molecule has 0 saturated carbocycles. The Bertz CT molecular complexity index is 1060. The van der Waals surface area contributed by atoms with E-state index in [1.165, 1.54) is 19.2 Å². The second-order valence-electron chi connectivity index (χ2n) is 7.42. The molecule has 0 aromatic carbocycles. The summed E-state index contributed by atoms with van der Waals surface area (Å²) in [5.41, 5.74) is 0.764. The molecule has 17 heteroatoms. The van der Waals surface area contributed by atoms with Crippen LogP contribution in [0.3, 0.4) is 0 Å². The zero-order chi connectivity index (χ0) is 24.6. The van der Waals surface area contributed by atoms with Gasteiger partial charge in [-0.1, -0.05) is 5.16 Å². The molecule has 4 N–H and O–H groups in total. The monoisotopic (exact) mass is 507 g/mol. The van der Waals surface area contributed by atoms with Gasteiger partial charge < -0.3 is 35.6 Å². The number of carbonyl (C=O) groups excluding carboxylic acids is 4. The number of hydrogen-bond donors (Lipinski definition) is 3. The number of ether oxygens (including phenoxy) is 1. The summed E-state index contributed by atoms with van der Waals surface area (Å²) in [6.07, 6.45) is -0.680. The fraction of sp³-hybridized carbons (Fsp3) is 0.471. The maximum absolute atomic E-state index is 12.8. The van der Waals surface area contributed by atoms with Crippen molar-refractivity contribution in [2.24, 2.45) is 5.16 Å². The van der Waals surface area contributed by atoms with E-state index in [1.807, 2.05) is 0 Å². The Labute approximate surface area is 217 Å². The molecule has 1 unspecified atom stereocenters. The molecule has 3 rings (SSSR count). The Morgan fingerprint density at radius 3 is 2.62 bits per heavy atom. The number of nitrogens with zero attached hydrogens (tertiary/aromatic N) is 3. The summed E-state index contributed by atoms with van der Waals surface area (Å²) in [5, 5.41) is 28.4. The minimum absolute atomic E-state index is 0. The Balaban J connectivity index is 0.00000408. The predicted molar refractivity (Wildman–Crippen MR) is 104 cm³/mol. The second-order valence-corrected chi connectivity index (χ2v) is 8.31. The van der Waals surface area contributed by atoms with Gasteiger partial charge in [0, 0.05) is 11.8 Å². The number of nitrogen functional groups attached to an aromatic ring is 1. The number of anilines is 1. The summed E-state index contributed by atoms with van der Waals surface area (Å²) in [5.74, 6) is -6.13. The van der Waals surface area contributed by atoms with E-state index in [1.54, 1.807) is 0 Å². The molecule has 2 saturated heterocycles. The molecule has 2 amide bonds. The minimum Gasteiger partial charge on any atom is -0.544 e. The normalized spacial score (nSPS) is 22.7. The molecule has 178 valence electrons. The summed E-state index contributed by atoms with van der Waals surface area (Å²) in [6, 6.07) is -1.40. The number of amides is 2. The molecular weight excluding hydrogens is 489 g/mol. The van der Waals surface area contributed by atoms with E-state index in [0.29, 0.717) is 5.06 Å². The van der Waals surface area contributed by atoms with Crippen molar-refractivity contribution >= 4 is 51.9 Å². The number of carboxylic acid groups (broad SMARTS) is 2. The zero-order valence-corrected chi connectivity index (χ0v) is 21.0. The van der Waals surface area contributed by atoms with Crippen LogP contribution in [0.25, 0.3) is 0 Å². The number of nitrogens with one attached hydrogen (secondary N) is 1. The summed E-state index contributed by atoms with van der Waals surface area (Å²) in [4.78, 5) is 73.9. The standard InChI is InChI=1S/C17H19N5O10S.Na/c1-16(2,13(26)27)32-21-10(8-6-33-15(18)20-8)11(24)19-7-5-30-22(12(7)25)17(14(28)29)4-3-9(23)31-17;/h6-7H,3-5H2,1-2H3,(H2,18,20)(H,19,24)(H,26,27)(H,28,29);/q;+1/p-1/b21-10-;/t7-,17?;/m0./s1. The summed E-state index contributed by atoms with van der Waals surface area (Å²) < 4.78 is 4.78. The molecule has 2 aliphatic rings. The van der Waals surface area contributed by atoms with E-state index >= 15 is 0 Å². The van der Waals surface area contributed by atoms with Gasteiger partial charge in [0.15, 0.2) is 10.8 Å². The smallest absolute Gasteiger partial charge is 0.544 e. The molecule has 0 radical (unpaired) electrons. The Morgan fingerprint density at radius 2 is 2.12 bits per heavy atom. The minimum atomic E-state index is -2.46. The Kier molecular flexibility index (Phi) is 8.26. The van der Waals surface area contributed by atoms with Gasteiger partial charge in [0.2, 0.25) is 5.60 Å². The summed E-state index contributed by atoms with van der Waals surface area (Å²) >= 11 is 0.967. The third kappa shape index (κ3) is 5.30. The van der Waals surface area contributed by atoms with Crippen molar-refractivity contribution in [1.29, 1.82) is 0 Å². The van der Waals surface area contributed by atoms with Crippen LogP contribution in [0.4, 0.5) is 5.13 Å². The quantitative estimate of drug-likeness (QED) is 0.130. The van der Waals surface area contributed by atoms with Crippen LogP contribution in [0.1, 0.15) is 32.4 Å². The number of carbonyl (C=O) groups is 5. The number of nitrogens with two attached hydrogens (primary N) is 1. The molecule has 0 spiro atoms. The van der Waals surface area contributed by atoms with Gasteiger partial charge in [0.25, 0.3) is 17.5 Å². The number of hydrogen-bond acceptors (Lipinski definition) is 13. The summed E-state index contributed by atoms with van der Waals surface area (Å²) in [6.45, 7) is 1.89. The van der Waals surface area contributed by atoms with E-state index in [2.05, 4.69) is 15.5 Å². The largest absolute Gasteiger partial charge is 1.00 e. The number of cyclic esters (lactones) is 1. The third-order valence-electron chi connectivity index (χ3n) is 4.63. The molecule has 0 aliphatic carbocycles. The molecule has 2 aliphatic heterocycles. The number of oxime groups is 1. The second kappa shape index (κ2) is 10.2. The Morgan fingerprint density at radius 1 is 1.44 bits per heavy atom. The van der Waals surface area contributed by atoms with Crippen LogP contribution >= 0.6 is 11.3 Å². The van der Waals surface area contributed by atoms with Crippen molar-refractivity contribution in [2.75, 3.05) is 12.3 Å². The van der Waals surface area contributed by atoms with Crippen molar-refractivity contribution in [2.45, 2.75) is 44.1 Å². The van der Waals surface area contributed by atoms with Crippen LogP contribution < -0.4 is 45.7 Å². The molecular formula is C17H18N5NaO10S. The van der Waals surface area contributed by atoms with Crippen LogP contribution in [0.5, 0.6) is 0 Å². The Hall–Kier alpha value is -2.79. The molecule has 15 nitrogen and oxygen atoms in total. The average molecular weight is 507 g/mol. The first-order chi connectivity index (χ1) is 15.4. The van der Waals surface area contributed by atoms with Gasteiger partial charge in [-0.15, -0.1) is 11.3 Å². The molecule has 2 atom stereocenters. The fourth-order valence-corrected chi connectivity index (χ4v) is 3.32. The maximum atomic E-state index is 12.8. The number of aliphatic carboxylic acids is 2. The van der Waals surface area contributed by atoms with Gasteiger partial charge in [-0.3, -0.25) is 19.2 Å². The number of hydroxylamine groups is 2. The molecule has 3 heterocycles. The molecule has 2 fully saturated rings. The average Bonchev–Trinajstić information content (AvgIpc) is 3.42. The number of carboxylic acids is 2. The van der Waals surface area contributed by atoms with Crippen molar-refractivity contribution in [1.82, 2.24) is 15.4 Å². The van der Waals surface area contributed by atoms with E-state index < -0.39 is 65.8 Å². The van der Waals surface area contributed by atoms with Crippen LogP contribution in [-0.2, 0) is 38.4 Å². The van der Waals surface area contributed by atoms with Gasteiger partial charge in [-0.2, -0.15) is 5.06 Å². The van der Waals surface area contributed by atoms with E-state index in [0.717, 1.165) is 11.3 Å². The van der Waals surface area contributed by atoms with Crippen LogP contribution in [0.15, 0.2) is 10.5 Å². The first-order valence-electron chi connectivity index (χ1n) is 9.29. The maximum Gasteiger partial charge on any atom is 1.00 e. The van der Waals surface area contributed by atoms with Crippen molar-refractivity contribution in [3.05, 3.63) is 11.1 Å². The first-order valence-corrected chi connectivity index (χ1v) is 10.2. The topological polar surface area (TPSA) is 223 Å².